The van der Waals surface area contributed by atoms with E-state index in [0.29, 0.717) is 29.3 Å². The summed E-state index contributed by atoms with van der Waals surface area (Å²) in [7, 11) is 0. The highest BCUT2D eigenvalue weighted by atomic mass is 35.5. The molecule has 0 aliphatic heterocycles. The van der Waals surface area contributed by atoms with Crippen molar-refractivity contribution in [3.63, 3.8) is 0 Å². The molecule has 0 heterocycles. The van der Waals surface area contributed by atoms with Crippen molar-refractivity contribution < 1.29 is 9.59 Å². The molecule has 0 aromatic heterocycles. The lowest BCUT2D eigenvalue weighted by molar-refractivity contribution is -0.141. The molecule has 0 fully saturated rings. The molecule has 162 valence electrons. The number of amides is 2. The van der Waals surface area contributed by atoms with E-state index in [2.05, 4.69) is 5.32 Å². The van der Waals surface area contributed by atoms with Crippen molar-refractivity contribution >= 4 is 35.0 Å². The number of benzene rings is 2. The molecule has 0 spiro atoms. The normalized spacial score (nSPS) is 12.8. The Morgan fingerprint density at radius 3 is 2.37 bits per heavy atom. The van der Waals surface area contributed by atoms with Crippen LogP contribution in [0.5, 0.6) is 0 Å². The third kappa shape index (κ3) is 7.03. The zero-order valence-electron chi connectivity index (χ0n) is 17.8. The van der Waals surface area contributed by atoms with Gasteiger partial charge in [-0.15, -0.1) is 0 Å². The average Bonchev–Trinajstić information content (AvgIpc) is 2.72. The van der Waals surface area contributed by atoms with Gasteiger partial charge in [0, 0.05) is 35.5 Å². The number of carbonyl (C=O) groups is 2. The van der Waals surface area contributed by atoms with Gasteiger partial charge in [-0.3, -0.25) is 9.59 Å². The average molecular weight is 449 g/mol. The maximum Gasteiger partial charge on any atom is 0.243 e. The van der Waals surface area contributed by atoms with Gasteiger partial charge in [-0.1, -0.05) is 73.4 Å². The van der Waals surface area contributed by atoms with Crippen molar-refractivity contribution in [3.05, 3.63) is 69.7 Å². The minimum absolute atomic E-state index is 0.0259. The molecule has 0 saturated heterocycles. The highest BCUT2D eigenvalue weighted by Crippen LogP contribution is 2.24. The Hall–Kier alpha value is -2.04. The second-order valence-corrected chi connectivity index (χ2v) is 8.37. The molecule has 0 saturated carbocycles. The molecule has 2 amide bonds. The van der Waals surface area contributed by atoms with Crippen LogP contribution in [0.2, 0.25) is 10.0 Å². The number of nitrogens with zero attached hydrogens (tertiary/aromatic N) is 1. The lowest BCUT2D eigenvalue weighted by atomic mass is 10.0. The molecule has 2 atom stereocenters. The molecule has 0 unspecified atom stereocenters. The second-order valence-electron chi connectivity index (χ2n) is 7.53. The Balaban J connectivity index is 2.41. The van der Waals surface area contributed by atoms with Crippen LogP contribution in [0, 0.1) is 0 Å². The molecule has 2 aromatic rings. The summed E-state index contributed by atoms with van der Waals surface area (Å²) in [6.07, 6.45) is 2.32. The van der Waals surface area contributed by atoms with Crippen molar-refractivity contribution in [2.75, 3.05) is 0 Å². The lowest BCUT2D eigenvalue weighted by Gasteiger charge is -2.32. The molecule has 4 nitrogen and oxygen atoms in total. The summed E-state index contributed by atoms with van der Waals surface area (Å²) < 4.78 is 0. The fourth-order valence-corrected chi connectivity index (χ4v) is 3.65. The van der Waals surface area contributed by atoms with Gasteiger partial charge in [0.1, 0.15) is 6.04 Å². The van der Waals surface area contributed by atoms with Gasteiger partial charge in [0.25, 0.3) is 0 Å². The van der Waals surface area contributed by atoms with Crippen LogP contribution in [0.3, 0.4) is 0 Å². The molecule has 1 N–H and O–H groups in total. The summed E-state index contributed by atoms with van der Waals surface area (Å²) in [6, 6.07) is 14.4. The van der Waals surface area contributed by atoms with Crippen LogP contribution in [0.15, 0.2) is 48.5 Å². The Labute approximate surface area is 189 Å². The molecule has 2 rings (SSSR count). The monoisotopic (exact) mass is 448 g/mol. The predicted molar refractivity (Wildman–Crippen MR) is 124 cm³/mol. The standard InChI is InChI=1S/C24H30Cl2N2O2/c1-4-9-23(29)28(16-19-12-13-20(25)15-21(19)26)22(24(30)27-17(3)5-2)14-18-10-7-6-8-11-18/h6-8,10-13,15,17,22H,4-5,9,14,16H2,1-3H3,(H,27,30)/t17-,22+/m1/s1. The van der Waals surface area contributed by atoms with Crippen LogP contribution in [-0.2, 0) is 22.6 Å². The van der Waals surface area contributed by atoms with Gasteiger partial charge in [-0.25, -0.2) is 0 Å². The van der Waals surface area contributed by atoms with E-state index in [-0.39, 0.29) is 24.4 Å². The van der Waals surface area contributed by atoms with Crippen LogP contribution >= 0.6 is 23.2 Å². The van der Waals surface area contributed by atoms with E-state index < -0.39 is 6.04 Å². The number of hydrogen-bond acceptors (Lipinski definition) is 2. The van der Waals surface area contributed by atoms with Gasteiger partial charge < -0.3 is 10.2 Å². The van der Waals surface area contributed by atoms with Crippen molar-refractivity contribution in [3.8, 4) is 0 Å². The van der Waals surface area contributed by atoms with E-state index in [9.17, 15) is 9.59 Å². The summed E-state index contributed by atoms with van der Waals surface area (Å²) in [6.45, 7) is 6.19. The topological polar surface area (TPSA) is 49.4 Å². The highest BCUT2D eigenvalue weighted by molar-refractivity contribution is 6.35. The molecule has 0 bridgehead atoms. The van der Waals surface area contributed by atoms with Crippen LogP contribution in [0.25, 0.3) is 0 Å². The fraction of sp³-hybridized carbons (Fsp3) is 0.417. The Bertz CT molecular complexity index is 842. The molecule has 6 heteroatoms. The SMILES string of the molecule is CCCC(=O)N(Cc1ccc(Cl)cc1Cl)[C@@H](Cc1ccccc1)C(=O)N[C@H](C)CC. The van der Waals surface area contributed by atoms with Crippen molar-refractivity contribution in [2.24, 2.45) is 0 Å². The van der Waals surface area contributed by atoms with Crippen LogP contribution < -0.4 is 5.32 Å². The highest BCUT2D eigenvalue weighted by Gasteiger charge is 2.30. The van der Waals surface area contributed by atoms with Gasteiger partial charge >= 0.3 is 0 Å². The molecule has 30 heavy (non-hydrogen) atoms. The van der Waals surface area contributed by atoms with Gasteiger partial charge in [0.05, 0.1) is 0 Å². The third-order valence-corrected chi connectivity index (χ3v) is 5.68. The first-order chi connectivity index (χ1) is 14.3. The smallest absolute Gasteiger partial charge is 0.243 e. The van der Waals surface area contributed by atoms with E-state index in [0.717, 1.165) is 17.5 Å². The summed E-state index contributed by atoms with van der Waals surface area (Å²) >= 11 is 12.4. The van der Waals surface area contributed by atoms with Crippen molar-refractivity contribution in [1.82, 2.24) is 10.2 Å². The van der Waals surface area contributed by atoms with Gasteiger partial charge in [0.2, 0.25) is 11.8 Å². The minimum Gasteiger partial charge on any atom is -0.352 e. The molecular formula is C24H30Cl2N2O2. The third-order valence-electron chi connectivity index (χ3n) is 5.09. The summed E-state index contributed by atoms with van der Waals surface area (Å²) in [4.78, 5) is 28.0. The minimum atomic E-state index is -0.632. The van der Waals surface area contributed by atoms with Crippen LogP contribution in [0.1, 0.15) is 51.2 Å². The Kier molecular flexibility index (Phi) is 9.67. The first kappa shape index (κ1) is 24.2. The summed E-state index contributed by atoms with van der Waals surface area (Å²) in [5.74, 6) is -0.216. The molecule has 0 radical (unpaired) electrons. The number of rotatable bonds is 10. The van der Waals surface area contributed by atoms with Gasteiger partial charge in [-0.05, 0) is 43.0 Å². The van der Waals surface area contributed by atoms with E-state index in [1.807, 2.05) is 57.2 Å². The quantitative estimate of drug-likeness (QED) is 0.510. The largest absolute Gasteiger partial charge is 0.352 e. The van der Waals surface area contributed by atoms with E-state index >= 15 is 0 Å². The number of nitrogens with one attached hydrogen (secondary N) is 1. The number of carbonyl (C=O) groups excluding carboxylic acids is 2. The molecular weight excluding hydrogens is 419 g/mol. The Morgan fingerprint density at radius 2 is 1.77 bits per heavy atom. The van der Waals surface area contributed by atoms with Crippen LogP contribution in [-0.4, -0.2) is 28.8 Å². The Morgan fingerprint density at radius 1 is 1.07 bits per heavy atom. The molecule has 0 aliphatic rings. The van der Waals surface area contributed by atoms with E-state index in [1.165, 1.54) is 0 Å². The summed E-state index contributed by atoms with van der Waals surface area (Å²) in [5, 5.41) is 4.07. The van der Waals surface area contributed by atoms with E-state index in [4.69, 9.17) is 23.2 Å². The fourth-order valence-electron chi connectivity index (χ4n) is 3.19. The summed E-state index contributed by atoms with van der Waals surface area (Å²) in [5.41, 5.74) is 1.76. The zero-order valence-corrected chi connectivity index (χ0v) is 19.3. The van der Waals surface area contributed by atoms with Crippen molar-refractivity contribution in [1.29, 1.82) is 0 Å². The number of halogens is 2. The number of hydrogen-bond donors (Lipinski definition) is 1. The maximum absolute atomic E-state index is 13.2. The second kappa shape index (κ2) is 12.0. The molecule has 0 aliphatic carbocycles. The zero-order chi connectivity index (χ0) is 22.1. The van der Waals surface area contributed by atoms with Crippen molar-refractivity contribution in [2.45, 2.75) is 65.1 Å². The lowest BCUT2D eigenvalue weighted by Crippen LogP contribution is -2.52. The van der Waals surface area contributed by atoms with E-state index in [1.54, 1.807) is 17.0 Å². The first-order valence-electron chi connectivity index (χ1n) is 10.4. The van der Waals surface area contributed by atoms with Gasteiger partial charge in [-0.2, -0.15) is 0 Å². The first-order valence-corrected chi connectivity index (χ1v) is 11.2. The van der Waals surface area contributed by atoms with Gasteiger partial charge in [0.15, 0.2) is 0 Å². The van der Waals surface area contributed by atoms with Crippen LogP contribution in [0.4, 0.5) is 0 Å². The maximum atomic E-state index is 13.2. The predicted octanol–water partition coefficient (Wildman–Crippen LogP) is 5.65. The molecule has 2 aromatic carbocycles.